The molecule has 35 heavy (non-hydrogen) atoms. The first-order valence-corrected chi connectivity index (χ1v) is 7.15. The third kappa shape index (κ3) is 6.41. The summed E-state index contributed by atoms with van der Waals surface area (Å²) in [5.74, 6) is -28.0. The van der Waals surface area contributed by atoms with Gasteiger partial charge in [0, 0.05) is 0 Å². The number of alkyl halides is 20. The van der Waals surface area contributed by atoms with Crippen molar-refractivity contribution in [3.63, 3.8) is 0 Å². The summed E-state index contributed by atoms with van der Waals surface area (Å²) >= 11 is 0. The molecule has 0 aliphatic heterocycles. The SMILES string of the molecule is O=C(OCC(F)(F)F)[C@](F)(OC(F)(F)[C@@](F)(OC(F)(F)C(F)(F)C(F)(F)F)C(F)(F)F)C(F)(F)F. The van der Waals surface area contributed by atoms with E-state index in [4.69, 9.17) is 0 Å². The number of hydrogen-bond acceptors (Lipinski definition) is 4. The molecule has 4 nitrogen and oxygen atoms in total. The lowest BCUT2D eigenvalue weighted by Crippen LogP contribution is -2.68. The molecule has 0 saturated carbocycles. The molecule has 0 fully saturated rings. The summed E-state index contributed by atoms with van der Waals surface area (Å²) in [5, 5.41) is 0. The fraction of sp³-hybridized carbons (Fsp3) is 0.909. The predicted molar refractivity (Wildman–Crippen MR) is 59.9 cm³/mol. The van der Waals surface area contributed by atoms with Gasteiger partial charge in [0.05, 0.1) is 0 Å². The predicted octanol–water partition coefficient (Wildman–Crippen LogP) is 5.96. The molecule has 2 atom stereocenters. The maximum atomic E-state index is 13.8. The summed E-state index contributed by atoms with van der Waals surface area (Å²) in [6.45, 7) is -3.31. The molecule has 0 aliphatic rings. The summed E-state index contributed by atoms with van der Waals surface area (Å²) in [7, 11) is 0. The quantitative estimate of drug-likeness (QED) is 0.264. The van der Waals surface area contributed by atoms with Gasteiger partial charge in [0.25, 0.3) is 0 Å². The standard InChI is InChI=1S/C11H2F20O4/c12-3(13,14)1-33-2(32)4(15,7(19,20)21)34-11(30,31)6(18,9(25,26)27)35-10(28,29)5(16,17)8(22,23)24/h1H2/t4-,6-/m0/s1. The molecule has 0 bridgehead atoms. The second-order valence-corrected chi connectivity index (χ2v) is 5.69. The van der Waals surface area contributed by atoms with E-state index in [0.717, 1.165) is 4.74 Å². The van der Waals surface area contributed by atoms with Gasteiger partial charge in [-0.2, -0.15) is 87.8 Å². The Bertz CT molecular complexity index is 761. The summed E-state index contributed by atoms with van der Waals surface area (Å²) in [6.07, 6.45) is -45.5. The first kappa shape index (κ1) is 33.0. The molecule has 0 unspecified atom stereocenters. The normalized spacial score (nSPS) is 18.6. The van der Waals surface area contributed by atoms with E-state index >= 15 is 0 Å². The van der Waals surface area contributed by atoms with Crippen LogP contribution in [0.5, 0.6) is 0 Å². The maximum Gasteiger partial charge on any atom is 0.462 e. The fourth-order valence-electron chi connectivity index (χ4n) is 1.39. The van der Waals surface area contributed by atoms with Crippen molar-refractivity contribution < 1.29 is 107 Å². The molecule has 0 amide bonds. The Kier molecular flexibility index (Phi) is 8.32. The zero-order valence-corrected chi connectivity index (χ0v) is 14.9. The summed E-state index contributed by atoms with van der Waals surface area (Å²) in [5.41, 5.74) is 0. The third-order valence-corrected chi connectivity index (χ3v) is 2.99. The molecule has 210 valence electrons. The minimum absolute atomic E-state index is 1.16. The molecule has 0 heterocycles. The molecular formula is C11H2F20O4. The molecule has 0 saturated heterocycles. The number of esters is 1. The van der Waals surface area contributed by atoms with Crippen LogP contribution < -0.4 is 0 Å². The van der Waals surface area contributed by atoms with E-state index in [0.29, 0.717) is 0 Å². The van der Waals surface area contributed by atoms with Crippen LogP contribution in [0.4, 0.5) is 87.8 Å². The smallest absolute Gasteiger partial charge is 0.452 e. The van der Waals surface area contributed by atoms with Crippen LogP contribution >= 0.6 is 0 Å². The van der Waals surface area contributed by atoms with Crippen LogP contribution in [0.2, 0.25) is 0 Å². The molecule has 0 aromatic carbocycles. The monoisotopic (exact) mass is 578 g/mol. The van der Waals surface area contributed by atoms with Gasteiger partial charge in [-0.3, -0.25) is 9.47 Å². The zero-order chi connectivity index (χ0) is 28.9. The average Bonchev–Trinajstić information content (AvgIpc) is 2.54. The highest BCUT2D eigenvalue weighted by molar-refractivity contribution is 5.79. The third-order valence-electron chi connectivity index (χ3n) is 2.99. The molecule has 24 heteroatoms. The Labute approximate surface area is 175 Å². The van der Waals surface area contributed by atoms with Crippen molar-refractivity contribution in [3.8, 4) is 0 Å². The van der Waals surface area contributed by atoms with Crippen molar-refractivity contribution in [1.29, 1.82) is 0 Å². The van der Waals surface area contributed by atoms with Gasteiger partial charge in [0.1, 0.15) is 0 Å². The van der Waals surface area contributed by atoms with Crippen LogP contribution in [-0.4, -0.2) is 67.1 Å². The lowest BCUT2D eigenvalue weighted by molar-refractivity contribution is -0.548. The highest BCUT2D eigenvalue weighted by Gasteiger charge is 2.85. The van der Waals surface area contributed by atoms with Crippen molar-refractivity contribution in [3.05, 3.63) is 0 Å². The van der Waals surface area contributed by atoms with Gasteiger partial charge in [-0.15, -0.1) is 0 Å². The van der Waals surface area contributed by atoms with E-state index < -0.39 is 67.1 Å². The highest BCUT2D eigenvalue weighted by atomic mass is 19.4. The van der Waals surface area contributed by atoms with Crippen LogP contribution in [0.1, 0.15) is 0 Å². The molecule has 0 rings (SSSR count). The Balaban J connectivity index is 6.69. The first-order valence-electron chi connectivity index (χ1n) is 7.15. The van der Waals surface area contributed by atoms with Gasteiger partial charge >= 0.3 is 60.5 Å². The molecular weight excluding hydrogens is 576 g/mol. The van der Waals surface area contributed by atoms with Crippen LogP contribution in [0.3, 0.4) is 0 Å². The number of hydrogen-bond donors (Lipinski definition) is 0. The molecule has 0 N–H and O–H groups in total. The molecule has 0 radical (unpaired) electrons. The molecule has 0 aromatic rings. The van der Waals surface area contributed by atoms with Gasteiger partial charge < -0.3 is 4.74 Å². The van der Waals surface area contributed by atoms with Gasteiger partial charge in [0.15, 0.2) is 6.61 Å². The average molecular weight is 578 g/mol. The number of carbonyl (C=O) groups excluding carboxylic acids is 1. The van der Waals surface area contributed by atoms with Crippen molar-refractivity contribution >= 4 is 5.97 Å². The van der Waals surface area contributed by atoms with E-state index in [1.54, 1.807) is 0 Å². The number of carbonyl (C=O) groups is 1. The van der Waals surface area contributed by atoms with Crippen LogP contribution in [-0.2, 0) is 19.0 Å². The molecule has 0 spiro atoms. The van der Waals surface area contributed by atoms with E-state index in [2.05, 4.69) is 4.74 Å². The fourth-order valence-corrected chi connectivity index (χ4v) is 1.39. The second-order valence-electron chi connectivity index (χ2n) is 5.69. The van der Waals surface area contributed by atoms with E-state index in [1.165, 1.54) is 4.74 Å². The number of halogens is 20. The van der Waals surface area contributed by atoms with Crippen molar-refractivity contribution in [2.75, 3.05) is 6.61 Å². The van der Waals surface area contributed by atoms with E-state index in [-0.39, 0.29) is 0 Å². The first-order chi connectivity index (χ1) is 14.8. The van der Waals surface area contributed by atoms with Crippen molar-refractivity contribution in [1.82, 2.24) is 0 Å². The lowest BCUT2D eigenvalue weighted by atomic mass is 10.2. The highest BCUT2D eigenvalue weighted by Crippen LogP contribution is 2.56. The topological polar surface area (TPSA) is 44.8 Å². The minimum Gasteiger partial charge on any atom is -0.452 e. The Morgan fingerprint density at radius 1 is 0.514 bits per heavy atom. The van der Waals surface area contributed by atoms with Crippen molar-refractivity contribution in [2.24, 2.45) is 0 Å². The van der Waals surface area contributed by atoms with E-state index in [1.807, 2.05) is 0 Å². The molecule has 0 aliphatic carbocycles. The van der Waals surface area contributed by atoms with Crippen LogP contribution in [0.25, 0.3) is 0 Å². The summed E-state index contributed by atoms with van der Waals surface area (Å²) in [4.78, 5) is 10.9. The van der Waals surface area contributed by atoms with E-state index in [9.17, 15) is 92.6 Å². The Morgan fingerprint density at radius 3 is 1.20 bits per heavy atom. The Morgan fingerprint density at radius 2 is 0.914 bits per heavy atom. The Hall–Kier alpha value is -2.01. The van der Waals surface area contributed by atoms with Gasteiger partial charge in [-0.05, 0) is 0 Å². The maximum absolute atomic E-state index is 13.8. The number of ether oxygens (including phenoxy) is 3. The second kappa shape index (κ2) is 8.83. The zero-order valence-electron chi connectivity index (χ0n) is 14.9. The van der Waals surface area contributed by atoms with Crippen LogP contribution in [0.15, 0.2) is 0 Å². The largest absolute Gasteiger partial charge is 0.462 e. The van der Waals surface area contributed by atoms with Gasteiger partial charge in [-0.1, -0.05) is 0 Å². The molecule has 0 aromatic heterocycles. The van der Waals surface area contributed by atoms with Crippen LogP contribution in [0, 0.1) is 0 Å². The van der Waals surface area contributed by atoms with Crippen molar-refractivity contribution in [2.45, 2.75) is 54.6 Å². The van der Waals surface area contributed by atoms with Gasteiger partial charge in [-0.25, -0.2) is 4.79 Å². The lowest BCUT2D eigenvalue weighted by Gasteiger charge is -2.39. The van der Waals surface area contributed by atoms with Gasteiger partial charge in [0.2, 0.25) is 0 Å². The number of rotatable bonds is 8. The minimum atomic E-state index is -8.27. The summed E-state index contributed by atoms with van der Waals surface area (Å²) in [6, 6.07) is 0. The summed E-state index contributed by atoms with van der Waals surface area (Å²) < 4.78 is 258.